The van der Waals surface area contributed by atoms with Crippen molar-refractivity contribution in [2.45, 2.75) is 63.1 Å². The SMILES string of the molecule is COC(=O)c1ccc2c(c1)NC(=O)[C@@H](N)CO2.Cc1ccc2c(c1)NC(=O)[C@@H](N)CO2.Cc1ccc2c(c1)OC[C@H](N)C(=O)N2.Cc1cccc2c1OC[C@H](N)C(=O)N2.N[C@H]1COc2ccc(Br)cc2NC1=O.N[C@H]1COc2cccc(F)c2NC1=O.N[C@H]1COc2ccccc2NC1=O. The fourth-order valence-electron chi connectivity index (χ4n) is 9.18. The van der Waals surface area contributed by atoms with Crippen LogP contribution >= 0.6 is 15.9 Å². The Kier molecular flexibility index (Phi) is 26.2. The van der Waals surface area contributed by atoms with Crippen molar-refractivity contribution in [2.24, 2.45) is 40.1 Å². The van der Waals surface area contributed by atoms with Gasteiger partial charge in [0.25, 0.3) is 0 Å². The molecule has 100 heavy (non-hydrogen) atoms. The number of ether oxygens (including phenoxy) is 8. The van der Waals surface area contributed by atoms with E-state index in [0.717, 1.165) is 21.2 Å². The average Bonchev–Trinajstić information content (AvgIpc) is 1.70. The Morgan fingerprint density at radius 1 is 0.390 bits per heavy atom. The maximum absolute atomic E-state index is 13.2. The number of para-hydroxylation sites is 4. The van der Waals surface area contributed by atoms with E-state index in [1.54, 1.807) is 48.5 Å². The lowest BCUT2D eigenvalue weighted by atomic mass is 10.2. The van der Waals surface area contributed by atoms with Gasteiger partial charge < -0.3 is 115 Å². The summed E-state index contributed by atoms with van der Waals surface area (Å²) in [6, 6.07) is 34.1. The van der Waals surface area contributed by atoms with E-state index in [4.69, 9.17) is 73.3 Å². The van der Waals surface area contributed by atoms with Crippen molar-refractivity contribution >= 4 is 103 Å². The standard InChI is InChI=1S/C11H12N2O4.3C10H12N2O2.C9H9BrN2O2.C9H9FN2O2.C9H10N2O2/c1-16-11(15)6-2-3-9-8(4-6)13-10(14)7(12)5-17-9;1-6-2-3-9-8(4-6)12-10(13)7(11)5-14-9;1-6-2-3-8-9(4-6)14-5-7(11)10(13)12-8;1-6-3-2-4-8-9(6)14-5-7(11)10(13)12-8;10-5-1-2-8-7(3-5)12-9(13)6(11)4-14-8;10-5-2-1-3-7-8(5)12-9(13)6(11)4-14-7;10-6-5-13-8-4-2-1-3-7(8)11-9(6)12/h2-4,7H,5,12H2,1H3,(H,13,14);3*2-4,7H,5,11H2,1H3,(H,12,13);2*1-3,6H,4,11H2,(H,12,13);1-4,6H,5,10H2,(H,11,12)/t4*7-;3*6-/m0000000/s1. The van der Waals surface area contributed by atoms with E-state index in [9.17, 15) is 42.7 Å². The van der Waals surface area contributed by atoms with Crippen LogP contribution in [0.5, 0.6) is 40.2 Å². The summed E-state index contributed by atoms with van der Waals surface area (Å²) < 4.78 is 56.1. The smallest absolute Gasteiger partial charge is 0.337 e. The Bertz CT molecular complexity index is 4090. The molecule has 7 amide bonds. The minimum Gasteiger partial charge on any atom is -0.489 e. The molecule has 0 aliphatic carbocycles. The molecule has 30 nitrogen and oxygen atoms in total. The van der Waals surface area contributed by atoms with Crippen LogP contribution in [0.25, 0.3) is 0 Å². The molecule has 0 unspecified atom stereocenters. The predicted octanol–water partition coefficient (Wildman–Crippen LogP) is 4.03. The zero-order valence-electron chi connectivity index (χ0n) is 54.5. The molecule has 7 atom stereocenters. The van der Waals surface area contributed by atoms with Gasteiger partial charge in [0.2, 0.25) is 41.4 Å². The fraction of sp³-hybridized carbons (Fsp3) is 0.265. The molecule has 528 valence electrons. The first kappa shape index (κ1) is 74.8. The Morgan fingerprint density at radius 2 is 0.760 bits per heavy atom. The molecule has 7 aromatic carbocycles. The van der Waals surface area contributed by atoms with Gasteiger partial charge in [0.1, 0.15) is 134 Å². The molecule has 21 N–H and O–H groups in total. The summed E-state index contributed by atoms with van der Waals surface area (Å²) in [5.74, 6) is 1.39. The number of benzene rings is 7. The van der Waals surface area contributed by atoms with Gasteiger partial charge >= 0.3 is 5.97 Å². The normalized spacial score (nSPS) is 20.2. The van der Waals surface area contributed by atoms with Crippen LogP contribution in [0.3, 0.4) is 0 Å². The van der Waals surface area contributed by atoms with Gasteiger partial charge in [-0.15, -0.1) is 0 Å². The zero-order valence-corrected chi connectivity index (χ0v) is 56.1. The number of methoxy groups -OCH3 is 1. The van der Waals surface area contributed by atoms with Crippen LogP contribution < -0.4 is 111 Å². The van der Waals surface area contributed by atoms with E-state index in [1.807, 2.05) is 87.5 Å². The molecule has 7 heterocycles. The number of fused-ring (bicyclic) bond motifs is 7. The van der Waals surface area contributed by atoms with Gasteiger partial charge in [0, 0.05) is 4.47 Å². The van der Waals surface area contributed by atoms with Crippen LogP contribution in [-0.4, -0.2) is 143 Å². The quantitative estimate of drug-likeness (QED) is 0.103. The van der Waals surface area contributed by atoms with Crippen molar-refractivity contribution in [3.8, 4) is 40.2 Å². The number of aryl methyl sites for hydroxylation is 3. The van der Waals surface area contributed by atoms with Gasteiger partial charge in [0.05, 0.1) is 46.8 Å². The molecule has 14 rings (SSSR count). The molecule has 0 spiro atoms. The fourth-order valence-corrected chi connectivity index (χ4v) is 9.54. The summed E-state index contributed by atoms with van der Waals surface area (Å²) in [6.45, 7) is 7.13. The van der Waals surface area contributed by atoms with Gasteiger partial charge in [-0.05, 0) is 128 Å². The van der Waals surface area contributed by atoms with Crippen LogP contribution in [0, 0.1) is 26.6 Å². The number of halogens is 2. The third-order valence-electron chi connectivity index (χ3n) is 14.8. The molecule has 0 aromatic heterocycles. The van der Waals surface area contributed by atoms with Gasteiger partial charge in [-0.2, -0.15) is 0 Å². The number of nitrogens with two attached hydrogens (primary N) is 7. The molecule has 0 radical (unpaired) electrons. The van der Waals surface area contributed by atoms with Crippen molar-refractivity contribution in [1.29, 1.82) is 0 Å². The minimum absolute atomic E-state index is 0.0578. The van der Waals surface area contributed by atoms with Crippen LogP contribution in [0.1, 0.15) is 27.0 Å². The third kappa shape index (κ3) is 20.6. The first-order chi connectivity index (χ1) is 47.7. The maximum Gasteiger partial charge on any atom is 0.337 e. The highest BCUT2D eigenvalue weighted by Gasteiger charge is 2.28. The summed E-state index contributed by atoms with van der Waals surface area (Å²) in [5, 5.41) is 18.5. The highest BCUT2D eigenvalue weighted by Crippen LogP contribution is 2.34. The average molecular weight is 1440 g/mol. The van der Waals surface area contributed by atoms with Crippen LogP contribution in [-0.2, 0) is 38.3 Å². The number of rotatable bonds is 1. The van der Waals surface area contributed by atoms with Crippen LogP contribution in [0.4, 0.5) is 44.2 Å². The molecular weight excluding hydrogens is 1370 g/mol. The Hall–Kier alpha value is -11.0. The van der Waals surface area contributed by atoms with Crippen molar-refractivity contribution in [3.05, 3.63) is 166 Å². The minimum atomic E-state index is -0.762. The summed E-state index contributed by atoms with van der Waals surface area (Å²) in [7, 11) is 1.29. The highest BCUT2D eigenvalue weighted by molar-refractivity contribution is 9.10. The number of carbonyl (C=O) groups excluding carboxylic acids is 8. The van der Waals surface area contributed by atoms with Gasteiger partial charge in [-0.3, -0.25) is 33.6 Å². The predicted molar refractivity (Wildman–Crippen MR) is 373 cm³/mol. The number of anilines is 7. The second-order valence-electron chi connectivity index (χ2n) is 22.8. The largest absolute Gasteiger partial charge is 0.489 e. The van der Waals surface area contributed by atoms with Crippen molar-refractivity contribution in [2.75, 3.05) is 90.6 Å². The maximum atomic E-state index is 13.2. The van der Waals surface area contributed by atoms with Gasteiger partial charge in [-0.25, -0.2) is 9.18 Å². The Morgan fingerprint density at radius 3 is 1.30 bits per heavy atom. The first-order valence-corrected chi connectivity index (χ1v) is 31.6. The number of esters is 1. The number of amides is 7. The summed E-state index contributed by atoms with van der Waals surface area (Å²) in [4.78, 5) is 90.8. The highest BCUT2D eigenvalue weighted by atomic mass is 79.9. The lowest BCUT2D eigenvalue weighted by molar-refractivity contribution is -0.118. The number of carbonyl (C=O) groups is 8. The molecule has 7 aromatic rings. The molecule has 0 bridgehead atoms. The van der Waals surface area contributed by atoms with Crippen LogP contribution in [0.15, 0.2) is 138 Å². The monoisotopic (exact) mass is 1440 g/mol. The summed E-state index contributed by atoms with van der Waals surface area (Å²) in [5.41, 5.74) is 46.2. The Balaban J connectivity index is 0.000000149. The molecule has 32 heteroatoms. The van der Waals surface area contributed by atoms with Crippen molar-refractivity contribution in [3.63, 3.8) is 0 Å². The van der Waals surface area contributed by atoms with Crippen LogP contribution in [0.2, 0.25) is 0 Å². The van der Waals surface area contributed by atoms with E-state index in [2.05, 4.69) is 57.9 Å². The van der Waals surface area contributed by atoms with E-state index >= 15 is 0 Å². The van der Waals surface area contributed by atoms with Gasteiger partial charge in [-0.1, -0.05) is 58.4 Å². The lowest BCUT2D eigenvalue weighted by Gasteiger charge is -2.08. The molecule has 7 aliphatic heterocycles. The van der Waals surface area contributed by atoms with Gasteiger partial charge in [0.15, 0.2) is 5.82 Å². The summed E-state index contributed by atoms with van der Waals surface area (Å²) in [6.07, 6.45) is 0. The van der Waals surface area contributed by atoms with E-state index in [1.165, 1.54) is 25.3 Å². The molecule has 0 saturated carbocycles. The van der Waals surface area contributed by atoms with Crippen molar-refractivity contribution in [1.82, 2.24) is 0 Å². The second-order valence-corrected chi connectivity index (χ2v) is 23.7. The van der Waals surface area contributed by atoms with E-state index in [0.29, 0.717) is 79.9 Å². The number of hydrogen-bond donors (Lipinski definition) is 14. The molecule has 0 saturated heterocycles. The van der Waals surface area contributed by atoms with Crippen molar-refractivity contribution < 1.29 is 80.6 Å². The molecule has 0 fully saturated rings. The molecule has 7 aliphatic rings. The summed E-state index contributed by atoms with van der Waals surface area (Å²) >= 11 is 3.31. The Labute approximate surface area is 581 Å². The number of nitrogens with one attached hydrogen (secondary N) is 7. The van der Waals surface area contributed by atoms with E-state index < -0.39 is 60.0 Å². The lowest BCUT2D eigenvalue weighted by Crippen LogP contribution is -2.38. The zero-order chi connectivity index (χ0) is 72.3. The number of hydrogen-bond acceptors (Lipinski definition) is 23. The topological polar surface area (TPSA) is 477 Å². The third-order valence-corrected chi connectivity index (χ3v) is 15.3. The van der Waals surface area contributed by atoms with E-state index in [-0.39, 0.29) is 87.4 Å². The molecular formula is C68H76BrFN14O16. The first-order valence-electron chi connectivity index (χ1n) is 30.8. The second kappa shape index (κ2) is 35.0.